The normalized spacial score (nSPS) is 21.4. The molecular formula is C37H38N2O5. The molecule has 0 aromatic heterocycles. The second-order valence-electron chi connectivity index (χ2n) is 12.1. The van der Waals surface area contributed by atoms with E-state index >= 15 is 0 Å². The van der Waals surface area contributed by atoms with Crippen LogP contribution in [0.4, 0.5) is 11.4 Å². The van der Waals surface area contributed by atoms with Gasteiger partial charge in [-0.2, -0.15) is 0 Å². The van der Waals surface area contributed by atoms with Gasteiger partial charge in [0, 0.05) is 23.7 Å². The third-order valence-corrected chi connectivity index (χ3v) is 8.36. The standard InChI is InChI=1S/C37H38N2O5/c1-22-14-16-24(3)29(18-22)38-35(41)33-31(40)21-37(5,43)34(36(42)39-30-19-23(2)15-17-25(30)4)32(33)26-10-9-13-28(20-26)44-27-11-7-6-8-12-27/h6-20,32-34,43H,21H2,1-5H3,(H,38,41)(H,39,42). The summed E-state index contributed by atoms with van der Waals surface area (Å²) in [6.07, 6.45) is -0.348. The number of ether oxygens (including phenoxy) is 1. The Kier molecular flexibility index (Phi) is 8.70. The smallest absolute Gasteiger partial charge is 0.235 e. The first-order valence-electron chi connectivity index (χ1n) is 14.8. The van der Waals surface area contributed by atoms with Gasteiger partial charge in [-0.15, -0.1) is 0 Å². The van der Waals surface area contributed by atoms with Gasteiger partial charge in [0.05, 0.1) is 11.5 Å². The number of anilines is 2. The summed E-state index contributed by atoms with van der Waals surface area (Å²) in [5.41, 5.74) is 3.63. The lowest BCUT2D eigenvalue weighted by atomic mass is 9.61. The average Bonchev–Trinajstić information content (AvgIpc) is 2.96. The van der Waals surface area contributed by atoms with Crippen molar-refractivity contribution in [2.24, 2.45) is 11.8 Å². The third kappa shape index (κ3) is 6.58. The largest absolute Gasteiger partial charge is 0.457 e. The number of nitrogens with one attached hydrogen (secondary N) is 2. The zero-order valence-electron chi connectivity index (χ0n) is 25.7. The summed E-state index contributed by atoms with van der Waals surface area (Å²) in [5, 5.41) is 17.7. The summed E-state index contributed by atoms with van der Waals surface area (Å²) in [5.74, 6) is -3.70. The van der Waals surface area contributed by atoms with E-state index in [1.165, 1.54) is 6.92 Å². The molecule has 1 saturated carbocycles. The van der Waals surface area contributed by atoms with Gasteiger partial charge in [0.15, 0.2) is 0 Å². The molecule has 4 atom stereocenters. The van der Waals surface area contributed by atoms with Crippen molar-refractivity contribution in [2.75, 3.05) is 10.6 Å². The van der Waals surface area contributed by atoms with Crippen molar-refractivity contribution in [3.8, 4) is 11.5 Å². The van der Waals surface area contributed by atoms with E-state index in [1.54, 1.807) is 24.3 Å². The van der Waals surface area contributed by atoms with Crippen molar-refractivity contribution in [1.82, 2.24) is 0 Å². The van der Waals surface area contributed by atoms with Gasteiger partial charge in [-0.1, -0.05) is 54.6 Å². The maximum atomic E-state index is 14.2. The predicted molar refractivity (Wildman–Crippen MR) is 172 cm³/mol. The lowest BCUT2D eigenvalue weighted by molar-refractivity contribution is -0.150. The number of hydrogen-bond acceptors (Lipinski definition) is 5. The van der Waals surface area contributed by atoms with Gasteiger partial charge in [0.1, 0.15) is 23.2 Å². The lowest BCUT2D eigenvalue weighted by Crippen LogP contribution is -2.56. The van der Waals surface area contributed by atoms with Crippen LogP contribution < -0.4 is 15.4 Å². The molecule has 5 rings (SSSR count). The van der Waals surface area contributed by atoms with Gasteiger partial charge in [-0.25, -0.2) is 0 Å². The maximum Gasteiger partial charge on any atom is 0.235 e. The topological polar surface area (TPSA) is 105 Å². The number of carbonyl (C=O) groups excluding carboxylic acids is 3. The minimum Gasteiger partial charge on any atom is -0.457 e. The van der Waals surface area contributed by atoms with Gasteiger partial charge in [0.25, 0.3) is 0 Å². The van der Waals surface area contributed by atoms with E-state index in [-0.39, 0.29) is 6.42 Å². The van der Waals surface area contributed by atoms with Crippen LogP contribution >= 0.6 is 0 Å². The van der Waals surface area contributed by atoms with Crippen LogP contribution in [-0.2, 0) is 14.4 Å². The highest BCUT2D eigenvalue weighted by Crippen LogP contribution is 2.47. The van der Waals surface area contributed by atoms with E-state index in [0.29, 0.717) is 28.4 Å². The van der Waals surface area contributed by atoms with E-state index in [1.807, 2.05) is 94.4 Å². The van der Waals surface area contributed by atoms with Crippen molar-refractivity contribution in [2.45, 2.75) is 52.6 Å². The summed E-state index contributed by atoms with van der Waals surface area (Å²) < 4.78 is 6.08. The molecule has 4 aromatic rings. The number of amides is 2. The molecule has 1 aliphatic carbocycles. The monoisotopic (exact) mass is 590 g/mol. The molecule has 0 saturated heterocycles. The van der Waals surface area contributed by atoms with Crippen LogP contribution in [0.1, 0.15) is 47.1 Å². The Bertz CT molecular complexity index is 1710. The van der Waals surface area contributed by atoms with Gasteiger partial charge >= 0.3 is 0 Å². The highest BCUT2D eigenvalue weighted by atomic mass is 16.5. The average molecular weight is 591 g/mol. The first-order valence-corrected chi connectivity index (χ1v) is 14.8. The molecule has 1 aliphatic rings. The zero-order chi connectivity index (χ0) is 31.6. The number of carbonyl (C=O) groups is 3. The van der Waals surface area contributed by atoms with Crippen molar-refractivity contribution in [3.05, 3.63) is 119 Å². The summed E-state index contributed by atoms with van der Waals surface area (Å²) in [6, 6.07) is 27.7. The van der Waals surface area contributed by atoms with E-state index in [2.05, 4.69) is 10.6 Å². The van der Waals surface area contributed by atoms with Crippen molar-refractivity contribution in [1.29, 1.82) is 0 Å². The van der Waals surface area contributed by atoms with E-state index < -0.39 is 41.0 Å². The Hall–Kier alpha value is -4.75. The molecule has 7 nitrogen and oxygen atoms in total. The predicted octanol–water partition coefficient (Wildman–Crippen LogP) is 7.03. The molecule has 1 fully saturated rings. The molecule has 0 radical (unpaired) electrons. The molecule has 0 bridgehead atoms. The molecule has 226 valence electrons. The Balaban J connectivity index is 1.60. The first-order chi connectivity index (χ1) is 20.9. The Morgan fingerprint density at radius 1 is 0.750 bits per heavy atom. The lowest BCUT2D eigenvalue weighted by Gasteiger charge is -2.44. The maximum absolute atomic E-state index is 14.2. The van der Waals surface area contributed by atoms with Crippen molar-refractivity contribution < 1.29 is 24.2 Å². The number of rotatable bonds is 7. The van der Waals surface area contributed by atoms with Gasteiger partial charge < -0.3 is 20.5 Å². The minimum absolute atomic E-state index is 0.348. The number of benzene rings is 4. The minimum atomic E-state index is -1.73. The van der Waals surface area contributed by atoms with Crippen LogP contribution in [0.2, 0.25) is 0 Å². The van der Waals surface area contributed by atoms with Gasteiger partial charge in [-0.3, -0.25) is 14.4 Å². The molecule has 0 spiro atoms. The second-order valence-corrected chi connectivity index (χ2v) is 12.1. The van der Waals surface area contributed by atoms with Crippen molar-refractivity contribution in [3.63, 3.8) is 0 Å². The number of para-hydroxylation sites is 1. The molecule has 4 aromatic carbocycles. The molecule has 4 unspecified atom stereocenters. The molecule has 3 N–H and O–H groups in total. The fraction of sp³-hybridized carbons (Fsp3) is 0.270. The molecule has 0 heterocycles. The molecule has 0 aliphatic heterocycles. The molecule has 2 amide bonds. The van der Waals surface area contributed by atoms with Gasteiger partial charge in [0.2, 0.25) is 11.8 Å². The van der Waals surface area contributed by atoms with Gasteiger partial charge in [-0.05, 0) is 98.8 Å². The second kappa shape index (κ2) is 12.5. The van der Waals surface area contributed by atoms with Crippen LogP contribution in [0.15, 0.2) is 91.0 Å². The summed E-state index contributed by atoms with van der Waals surface area (Å²) in [6.45, 7) is 9.12. The number of hydrogen-bond donors (Lipinski definition) is 3. The highest BCUT2D eigenvalue weighted by Gasteiger charge is 2.56. The third-order valence-electron chi connectivity index (χ3n) is 8.36. The van der Waals surface area contributed by atoms with Crippen LogP contribution in [-0.4, -0.2) is 28.3 Å². The Morgan fingerprint density at radius 2 is 1.32 bits per heavy atom. The van der Waals surface area contributed by atoms with E-state index in [4.69, 9.17) is 4.74 Å². The summed E-state index contributed by atoms with van der Waals surface area (Å²) in [7, 11) is 0. The first kappa shape index (κ1) is 30.7. The SMILES string of the molecule is Cc1ccc(C)c(NC(=O)C2C(=O)CC(C)(O)C(C(=O)Nc3cc(C)ccc3C)C2c2cccc(Oc3ccccc3)c2)c1. The van der Waals surface area contributed by atoms with Crippen LogP contribution in [0, 0.1) is 39.5 Å². The van der Waals surface area contributed by atoms with Crippen LogP contribution in [0.3, 0.4) is 0 Å². The Labute approximate surface area is 258 Å². The van der Waals surface area contributed by atoms with E-state index in [0.717, 1.165) is 22.3 Å². The summed E-state index contributed by atoms with van der Waals surface area (Å²) in [4.78, 5) is 42.0. The highest BCUT2D eigenvalue weighted by molar-refractivity contribution is 6.10. The van der Waals surface area contributed by atoms with Crippen molar-refractivity contribution >= 4 is 29.0 Å². The summed E-state index contributed by atoms with van der Waals surface area (Å²) >= 11 is 0. The number of aryl methyl sites for hydroxylation is 4. The van der Waals surface area contributed by atoms with E-state index in [9.17, 15) is 19.5 Å². The quantitative estimate of drug-likeness (QED) is 0.201. The van der Waals surface area contributed by atoms with Crippen LogP contribution in [0.5, 0.6) is 11.5 Å². The molecule has 44 heavy (non-hydrogen) atoms. The van der Waals surface area contributed by atoms with Crippen LogP contribution in [0.25, 0.3) is 0 Å². The molecular weight excluding hydrogens is 552 g/mol. The number of Topliss-reactive ketones (excluding diaryl/α,β-unsaturated/α-hetero) is 1. The fourth-order valence-corrected chi connectivity index (χ4v) is 6.06. The molecule has 7 heteroatoms. The zero-order valence-corrected chi connectivity index (χ0v) is 25.7. The number of ketones is 1. The fourth-order valence-electron chi connectivity index (χ4n) is 6.06. The Morgan fingerprint density at radius 3 is 1.93 bits per heavy atom. The number of aliphatic hydroxyl groups is 1.